The molecule has 3 atom stereocenters. The second-order valence-corrected chi connectivity index (χ2v) is 5.87. The molecule has 3 rings (SSSR count). The van der Waals surface area contributed by atoms with E-state index in [9.17, 15) is 4.79 Å². The van der Waals surface area contributed by atoms with Gasteiger partial charge in [0.25, 0.3) is 0 Å². The molecule has 18 heavy (non-hydrogen) atoms. The summed E-state index contributed by atoms with van der Waals surface area (Å²) in [6.45, 7) is 0. The molecule has 0 bridgehead atoms. The van der Waals surface area contributed by atoms with Crippen molar-refractivity contribution < 1.29 is 14.6 Å². The highest BCUT2D eigenvalue weighted by molar-refractivity contribution is 5.81. The molecule has 0 spiro atoms. The molecule has 2 saturated carbocycles. The summed E-state index contributed by atoms with van der Waals surface area (Å²) in [5.41, 5.74) is 0. The molecule has 3 unspecified atom stereocenters. The Balaban J connectivity index is 1.63. The molecular weight excluding hydrogens is 230 g/mol. The van der Waals surface area contributed by atoms with Gasteiger partial charge in [-0.2, -0.15) is 0 Å². The van der Waals surface area contributed by atoms with Crippen LogP contribution in [0, 0.1) is 11.8 Å². The van der Waals surface area contributed by atoms with Crippen molar-refractivity contribution in [2.45, 2.75) is 63.5 Å². The summed E-state index contributed by atoms with van der Waals surface area (Å²) in [4.78, 5) is 15.8. The lowest BCUT2D eigenvalue weighted by Gasteiger charge is -2.27. The maximum Gasteiger partial charge on any atom is 0.306 e. The average molecular weight is 251 g/mol. The standard InChI is InChI=1S/C14H21NO3/c16-14(17)10-6-7-11-12(8-10)18-13(15-11)9-4-2-1-3-5-9/h9-12H,1-8H2,(H,16,17). The monoisotopic (exact) mass is 251 g/mol. The van der Waals surface area contributed by atoms with Gasteiger partial charge in [-0.3, -0.25) is 4.79 Å². The fourth-order valence-corrected chi connectivity index (χ4v) is 3.51. The Labute approximate surface area is 107 Å². The maximum atomic E-state index is 11.0. The van der Waals surface area contributed by atoms with Crippen LogP contribution in [-0.4, -0.2) is 29.1 Å². The minimum absolute atomic E-state index is 0.0387. The van der Waals surface area contributed by atoms with Gasteiger partial charge in [-0.1, -0.05) is 19.3 Å². The van der Waals surface area contributed by atoms with Crippen LogP contribution in [0.15, 0.2) is 4.99 Å². The molecule has 0 aromatic rings. The van der Waals surface area contributed by atoms with E-state index in [-0.39, 0.29) is 18.1 Å². The highest BCUT2D eigenvalue weighted by Gasteiger charge is 2.41. The van der Waals surface area contributed by atoms with Gasteiger partial charge >= 0.3 is 5.97 Å². The molecule has 100 valence electrons. The Morgan fingerprint density at radius 2 is 1.94 bits per heavy atom. The number of carbonyl (C=O) groups is 1. The molecule has 0 saturated heterocycles. The molecule has 1 N–H and O–H groups in total. The molecule has 1 aliphatic heterocycles. The quantitative estimate of drug-likeness (QED) is 0.820. The molecule has 0 aromatic heterocycles. The summed E-state index contributed by atoms with van der Waals surface area (Å²) in [5, 5.41) is 9.08. The van der Waals surface area contributed by atoms with E-state index in [1.807, 2.05) is 0 Å². The van der Waals surface area contributed by atoms with Gasteiger partial charge in [-0.05, 0) is 32.1 Å². The Morgan fingerprint density at radius 1 is 1.17 bits per heavy atom. The van der Waals surface area contributed by atoms with Crippen LogP contribution in [0.5, 0.6) is 0 Å². The molecule has 0 aromatic carbocycles. The van der Waals surface area contributed by atoms with Crippen LogP contribution >= 0.6 is 0 Å². The van der Waals surface area contributed by atoms with Crippen LogP contribution in [-0.2, 0) is 9.53 Å². The number of carboxylic acid groups (broad SMARTS) is 1. The molecule has 4 heteroatoms. The number of nitrogens with zero attached hydrogens (tertiary/aromatic N) is 1. The fraction of sp³-hybridized carbons (Fsp3) is 0.857. The number of fused-ring (bicyclic) bond motifs is 1. The van der Waals surface area contributed by atoms with Gasteiger partial charge in [-0.15, -0.1) is 0 Å². The fourth-order valence-electron chi connectivity index (χ4n) is 3.51. The molecule has 2 aliphatic carbocycles. The molecule has 4 nitrogen and oxygen atoms in total. The highest BCUT2D eigenvalue weighted by Crippen LogP contribution is 2.36. The Morgan fingerprint density at radius 3 is 2.67 bits per heavy atom. The number of hydrogen-bond donors (Lipinski definition) is 1. The normalized spacial score (nSPS) is 36.7. The highest BCUT2D eigenvalue weighted by atomic mass is 16.5. The number of carboxylic acids is 1. The number of aliphatic carboxylic acids is 1. The van der Waals surface area contributed by atoms with Crippen LogP contribution in [0.2, 0.25) is 0 Å². The summed E-state index contributed by atoms with van der Waals surface area (Å²) in [7, 11) is 0. The van der Waals surface area contributed by atoms with E-state index in [1.165, 1.54) is 32.1 Å². The first-order chi connectivity index (χ1) is 8.74. The zero-order chi connectivity index (χ0) is 12.5. The lowest BCUT2D eigenvalue weighted by Crippen LogP contribution is -2.34. The van der Waals surface area contributed by atoms with Gasteiger partial charge in [0.15, 0.2) is 5.90 Å². The average Bonchev–Trinajstić information content (AvgIpc) is 2.82. The second kappa shape index (κ2) is 4.90. The predicted octanol–water partition coefficient (Wildman–Crippen LogP) is 2.62. The van der Waals surface area contributed by atoms with Crippen molar-refractivity contribution in [1.29, 1.82) is 0 Å². The van der Waals surface area contributed by atoms with Gasteiger partial charge < -0.3 is 9.84 Å². The lowest BCUT2D eigenvalue weighted by molar-refractivity contribution is -0.144. The molecule has 0 radical (unpaired) electrons. The summed E-state index contributed by atoms with van der Waals surface area (Å²) in [6.07, 6.45) is 8.58. The zero-order valence-corrected chi connectivity index (χ0v) is 10.7. The molecule has 2 fully saturated rings. The van der Waals surface area contributed by atoms with Crippen LogP contribution in [0.25, 0.3) is 0 Å². The van der Waals surface area contributed by atoms with Gasteiger partial charge in [0, 0.05) is 5.92 Å². The van der Waals surface area contributed by atoms with Crippen LogP contribution in [0.4, 0.5) is 0 Å². The molecule has 1 heterocycles. The van der Waals surface area contributed by atoms with Gasteiger partial charge in [0.1, 0.15) is 6.10 Å². The van der Waals surface area contributed by atoms with Crippen molar-refractivity contribution in [3.8, 4) is 0 Å². The van der Waals surface area contributed by atoms with Crippen molar-refractivity contribution >= 4 is 11.9 Å². The van der Waals surface area contributed by atoms with Crippen LogP contribution in [0.3, 0.4) is 0 Å². The Kier molecular flexibility index (Phi) is 3.27. The minimum atomic E-state index is -0.678. The van der Waals surface area contributed by atoms with Gasteiger partial charge in [-0.25, -0.2) is 4.99 Å². The maximum absolute atomic E-state index is 11.0. The third kappa shape index (κ3) is 2.25. The third-order valence-electron chi connectivity index (χ3n) is 4.63. The SMILES string of the molecule is O=C(O)C1CCC2N=C(C3CCCCC3)OC2C1. The van der Waals surface area contributed by atoms with Crippen LogP contribution < -0.4 is 0 Å². The topological polar surface area (TPSA) is 58.9 Å². The van der Waals surface area contributed by atoms with E-state index in [0.717, 1.165) is 18.7 Å². The molecular formula is C14H21NO3. The number of ether oxygens (including phenoxy) is 1. The minimum Gasteiger partial charge on any atom is -0.481 e. The van der Waals surface area contributed by atoms with Gasteiger partial charge in [0.05, 0.1) is 12.0 Å². The summed E-state index contributed by atoms with van der Waals surface area (Å²) < 4.78 is 5.97. The molecule has 3 aliphatic rings. The first-order valence-corrected chi connectivity index (χ1v) is 7.21. The van der Waals surface area contributed by atoms with Crippen molar-refractivity contribution in [2.75, 3.05) is 0 Å². The van der Waals surface area contributed by atoms with E-state index in [1.54, 1.807) is 0 Å². The number of rotatable bonds is 2. The van der Waals surface area contributed by atoms with Crippen molar-refractivity contribution in [3.63, 3.8) is 0 Å². The van der Waals surface area contributed by atoms with E-state index in [4.69, 9.17) is 14.8 Å². The first-order valence-electron chi connectivity index (χ1n) is 7.21. The van der Waals surface area contributed by atoms with E-state index in [0.29, 0.717) is 12.3 Å². The second-order valence-electron chi connectivity index (χ2n) is 5.87. The Bertz CT molecular complexity index is 360. The van der Waals surface area contributed by atoms with Gasteiger partial charge in [0.2, 0.25) is 0 Å². The predicted molar refractivity (Wildman–Crippen MR) is 67.6 cm³/mol. The van der Waals surface area contributed by atoms with Crippen molar-refractivity contribution in [1.82, 2.24) is 0 Å². The first kappa shape index (κ1) is 12.0. The summed E-state index contributed by atoms with van der Waals surface area (Å²) in [5.74, 6) is 0.540. The number of aliphatic imine (C=N–C) groups is 1. The largest absolute Gasteiger partial charge is 0.481 e. The lowest BCUT2D eigenvalue weighted by atomic mass is 9.84. The summed E-state index contributed by atoms with van der Waals surface area (Å²) in [6, 6.07) is 0.234. The van der Waals surface area contributed by atoms with E-state index >= 15 is 0 Å². The Hall–Kier alpha value is -1.06. The van der Waals surface area contributed by atoms with E-state index < -0.39 is 5.97 Å². The van der Waals surface area contributed by atoms with Crippen molar-refractivity contribution in [2.24, 2.45) is 16.8 Å². The zero-order valence-electron chi connectivity index (χ0n) is 10.7. The summed E-state index contributed by atoms with van der Waals surface area (Å²) >= 11 is 0. The smallest absolute Gasteiger partial charge is 0.306 e. The van der Waals surface area contributed by atoms with Crippen LogP contribution in [0.1, 0.15) is 51.4 Å². The van der Waals surface area contributed by atoms with Crippen molar-refractivity contribution in [3.05, 3.63) is 0 Å². The van der Waals surface area contributed by atoms with E-state index in [2.05, 4.69) is 0 Å². The molecule has 0 amide bonds. The third-order valence-corrected chi connectivity index (χ3v) is 4.63. The number of hydrogen-bond acceptors (Lipinski definition) is 3.